The molecule has 1 saturated carbocycles. The molecule has 3 fully saturated rings. The Morgan fingerprint density at radius 3 is 2.65 bits per heavy atom. The standard InChI is InChI=1S/C39H42N10O6/c1-54-32-21-28-25(23-47(44-28)35-22-40-33-6-3-14-41-49(33)35)20-27(32)37(51)42-26-9-7-24(8-10-26)13-15-45-16-18-46(19-17-45)29-4-2-5-30-36(29)55-39(53)48(30)31-11-12-34(50)43-38(31)52/h2-6,14,20-24,26,31H,7-13,15-19H2,1H3,(H,42,51)(H,43,50,52). The number of carbonyl (C=O) groups excluding carboxylic acids is 3. The van der Waals surface area contributed by atoms with Gasteiger partial charge in [-0.1, -0.05) is 6.07 Å². The van der Waals surface area contributed by atoms with Crippen molar-refractivity contribution in [2.45, 2.75) is 57.0 Å². The maximum absolute atomic E-state index is 13.6. The van der Waals surface area contributed by atoms with Gasteiger partial charge in [0.2, 0.25) is 11.8 Å². The van der Waals surface area contributed by atoms with E-state index >= 15 is 0 Å². The number of amides is 3. The molecule has 2 aromatic carbocycles. The number of nitrogens with one attached hydrogen (secondary N) is 2. The summed E-state index contributed by atoms with van der Waals surface area (Å²) >= 11 is 0. The zero-order valence-corrected chi connectivity index (χ0v) is 30.5. The molecule has 1 aliphatic carbocycles. The van der Waals surface area contributed by atoms with Crippen molar-refractivity contribution in [1.82, 2.24) is 44.5 Å². The molecule has 284 valence electrons. The molecule has 3 aliphatic rings. The van der Waals surface area contributed by atoms with Crippen LogP contribution in [0.1, 0.15) is 61.3 Å². The summed E-state index contributed by atoms with van der Waals surface area (Å²) in [6.45, 7) is 4.37. The van der Waals surface area contributed by atoms with Gasteiger partial charge < -0.3 is 19.4 Å². The van der Waals surface area contributed by atoms with E-state index in [2.05, 4.69) is 30.5 Å². The number of carbonyl (C=O) groups is 3. The van der Waals surface area contributed by atoms with E-state index in [0.717, 1.165) is 75.9 Å². The van der Waals surface area contributed by atoms with E-state index in [9.17, 15) is 19.2 Å². The number of benzene rings is 2. The van der Waals surface area contributed by atoms with Gasteiger partial charge in [-0.05, 0) is 81.3 Å². The quantitative estimate of drug-likeness (QED) is 0.208. The number of nitrogens with zero attached hydrogens (tertiary/aromatic N) is 8. The second-order valence-corrected chi connectivity index (χ2v) is 14.7. The predicted octanol–water partition coefficient (Wildman–Crippen LogP) is 3.46. The molecule has 1 atom stereocenters. The first-order chi connectivity index (χ1) is 26.8. The fourth-order valence-electron chi connectivity index (χ4n) is 8.44. The Bertz CT molecular complexity index is 2480. The lowest BCUT2D eigenvalue weighted by Crippen LogP contribution is -2.47. The molecule has 2 saturated heterocycles. The third-order valence-electron chi connectivity index (χ3n) is 11.5. The molecular formula is C39H42N10O6. The van der Waals surface area contributed by atoms with Gasteiger partial charge in [-0.2, -0.15) is 14.7 Å². The summed E-state index contributed by atoms with van der Waals surface area (Å²) in [5, 5.41) is 15.5. The summed E-state index contributed by atoms with van der Waals surface area (Å²) in [6, 6.07) is 12.3. The number of anilines is 1. The lowest BCUT2D eigenvalue weighted by molar-refractivity contribution is -0.135. The number of hydrogen-bond acceptors (Lipinski definition) is 11. The van der Waals surface area contributed by atoms with Crippen LogP contribution in [0.2, 0.25) is 0 Å². The second-order valence-electron chi connectivity index (χ2n) is 14.7. The monoisotopic (exact) mass is 746 g/mol. The number of oxazole rings is 1. The Morgan fingerprint density at radius 1 is 1.02 bits per heavy atom. The molecule has 9 rings (SSSR count). The summed E-state index contributed by atoms with van der Waals surface area (Å²) in [4.78, 5) is 59.9. The molecule has 0 radical (unpaired) electrons. The van der Waals surface area contributed by atoms with Crippen molar-refractivity contribution in [2.24, 2.45) is 5.92 Å². The van der Waals surface area contributed by atoms with Crippen LogP contribution in [-0.4, -0.2) is 97.4 Å². The Morgan fingerprint density at radius 2 is 1.85 bits per heavy atom. The molecule has 4 aromatic heterocycles. The van der Waals surface area contributed by atoms with Gasteiger partial charge in [-0.25, -0.2) is 14.5 Å². The molecule has 0 spiro atoms. The second kappa shape index (κ2) is 14.3. The van der Waals surface area contributed by atoms with Crippen molar-refractivity contribution in [2.75, 3.05) is 44.7 Å². The van der Waals surface area contributed by atoms with Gasteiger partial charge in [0.1, 0.15) is 11.8 Å². The number of piperazine rings is 1. The van der Waals surface area contributed by atoms with Crippen molar-refractivity contribution in [1.29, 1.82) is 0 Å². The fraction of sp³-hybridized carbons (Fsp3) is 0.410. The molecule has 16 nitrogen and oxygen atoms in total. The highest BCUT2D eigenvalue weighted by Gasteiger charge is 2.33. The Kier molecular flexibility index (Phi) is 9.04. The molecule has 2 N–H and O–H groups in total. The van der Waals surface area contributed by atoms with Crippen molar-refractivity contribution >= 4 is 51.1 Å². The predicted molar refractivity (Wildman–Crippen MR) is 203 cm³/mol. The first-order valence-corrected chi connectivity index (χ1v) is 19.0. The van der Waals surface area contributed by atoms with Crippen LogP contribution in [0.4, 0.5) is 5.69 Å². The number of hydrogen-bond donors (Lipinski definition) is 2. The summed E-state index contributed by atoms with van der Waals surface area (Å²) in [7, 11) is 1.57. The third kappa shape index (κ3) is 6.60. The molecule has 55 heavy (non-hydrogen) atoms. The lowest BCUT2D eigenvalue weighted by atomic mass is 9.84. The number of ether oxygens (including phenoxy) is 1. The van der Waals surface area contributed by atoms with Gasteiger partial charge in [0.25, 0.3) is 5.91 Å². The Balaban J connectivity index is 0.771. The van der Waals surface area contributed by atoms with Crippen molar-refractivity contribution in [3.8, 4) is 11.6 Å². The average Bonchev–Trinajstić information content (AvgIpc) is 3.91. The minimum Gasteiger partial charge on any atom is -0.496 e. The van der Waals surface area contributed by atoms with E-state index < -0.39 is 17.7 Å². The van der Waals surface area contributed by atoms with E-state index in [0.29, 0.717) is 45.3 Å². The first kappa shape index (κ1) is 34.7. The molecule has 3 amide bonds. The van der Waals surface area contributed by atoms with Crippen LogP contribution in [0.3, 0.4) is 0 Å². The highest BCUT2D eigenvalue weighted by molar-refractivity contribution is 6.01. The maximum Gasteiger partial charge on any atom is 0.420 e. The van der Waals surface area contributed by atoms with Crippen molar-refractivity contribution in [3.05, 3.63) is 77.2 Å². The van der Waals surface area contributed by atoms with Crippen LogP contribution in [0, 0.1) is 5.92 Å². The zero-order chi connectivity index (χ0) is 37.6. The normalized spacial score (nSPS) is 21.0. The highest BCUT2D eigenvalue weighted by Crippen LogP contribution is 2.32. The number of aromatic nitrogens is 6. The molecule has 6 aromatic rings. The van der Waals surface area contributed by atoms with Gasteiger partial charge in [0.05, 0.1) is 35.6 Å². The Labute approximate surface area is 315 Å². The fourth-order valence-corrected chi connectivity index (χ4v) is 8.44. The summed E-state index contributed by atoms with van der Waals surface area (Å²) in [5.74, 6) is 0.242. The SMILES string of the molecule is COc1cc2nn(-c3cnc4cccnn34)cc2cc1C(=O)NC1CCC(CCN2CCN(c3cccc4c3oc(=O)n4C3CCC(=O)NC3=O)CC2)CC1. The number of para-hydroxylation sites is 1. The molecule has 0 bridgehead atoms. The number of rotatable bonds is 9. The van der Waals surface area contributed by atoms with E-state index in [1.807, 2.05) is 36.5 Å². The van der Waals surface area contributed by atoms with Gasteiger partial charge in [-0.3, -0.25) is 29.2 Å². The van der Waals surface area contributed by atoms with Crippen LogP contribution in [-0.2, 0) is 9.59 Å². The van der Waals surface area contributed by atoms with Crippen LogP contribution >= 0.6 is 0 Å². The summed E-state index contributed by atoms with van der Waals surface area (Å²) in [6.07, 6.45) is 10.8. The van der Waals surface area contributed by atoms with Crippen LogP contribution < -0.4 is 26.0 Å². The zero-order valence-electron chi connectivity index (χ0n) is 30.5. The number of methoxy groups -OCH3 is 1. The van der Waals surface area contributed by atoms with Crippen LogP contribution in [0.25, 0.3) is 33.5 Å². The molecule has 1 unspecified atom stereocenters. The first-order valence-electron chi connectivity index (χ1n) is 19.0. The summed E-state index contributed by atoms with van der Waals surface area (Å²) < 4.78 is 16.2. The molecule has 16 heteroatoms. The van der Waals surface area contributed by atoms with E-state index in [1.54, 1.807) is 40.8 Å². The van der Waals surface area contributed by atoms with Gasteiger partial charge >= 0.3 is 5.76 Å². The number of fused-ring (bicyclic) bond motifs is 3. The highest BCUT2D eigenvalue weighted by atomic mass is 16.5. The van der Waals surface area contributed by atoms with Gasteiger partial charge in [0, 0.05) is 62.5 Å². The lowest BCUT2D eigenvalue weighted by Gasteiger charge is -2.37. The van der Waals surface area contributed by atoms with Gasteiger partial charge in [0.15, 0.2) is 17.0 Å². The smallest absolute Gasteiger partial charge is 0.420 e. The van der Waals surface area contributed by atoms with E-state index in [-0.39, 0.29) is 30.7 Å². The largest absolute Gasteiger partial charge is 0.496 e. The number of imide groups is 1. The van der Waals surface area contributed by atoms with E-state index in [1.165, 1.54) is 4.57 Å². The maximum atomic E-state index is 13.6. The summed E-state index contributed by atoms with van der Waals surface area (Å²) in [5.41, 5.74) is 3.79. The van der Waals surface area contributed by atoms with Gasteiger partial charge in [-0.15, -0.1) is 0 Å². The molecule has 2 aliphatic heterocycles. The van der Waals surface area contributed by atoms with Crippen LogP contribution in [0.5, 0.6) is 5.75 Å². The van der Waals surface area contributed by atoms with E-state index in [4.69, 9.17) is 14.3 Å². The number of imidazole rings is 1. The Hall–Kier alpha value is -6.03. The van der Waals surface area contributed by atoms with Crippen molar-refractivity contribution in [3.63, 3.8) is 0 Å². The average molecular weight is 747 g/mol. The third-order valence-corrected chi connectivity index (χ3v) is 11.5. The molecule has 6 heterocycles. The van der Waals surface area contributed by atoms with Crippen LogP contribution in [0.15, 0.2) is 70.3 Å². The van der Waals surface area contributed by atoms with Crippen molar-refractivity contribution < 1.29 is 23.5 Å². The minimum atomic E-state index is -0.769. The molecular weight excluding hydrogens is 704 g/mol. The topological polar surface area (TPSA) is 174 Å². The number of piperidine rings is 1. The minimum absolute atomic E-state index is 0.104.